The van der Waals surface area contributed by atoms with E-state index in [0.29, 0.717) is 11.3 Å². The lowest BCUT2D eigenvalue weighted by Crippen LogP contribution is -2.41. The Balaban J connectivity index is 2.07. The fraction of sp³-hybridized carbons (Fsp3) is 0.250. The number of amides is 1. The number of sulfonamides is 1. The minimum absolute atomic E-state index is 0.129. The fourth-order valence-corrected chi connectivity index (χ4v) is 4.25. The van der Waals surface area contributed by atoms with E-state index < -0.39 is 33.9 Å². The number of carboxylic acid groups (broad SMARTS) is 1. The number of nitrogens with one attached hydrogen (secondary N) is 2. The first kappa shape index (κ1) is 19.1. The number of rotatable bonds is 7. The summed E-state index contributed by atoms with van der Waals surface area (Å²) in [6, 6.07) is 8.51. The maximum Gasteiger partial charge on any atom is 0.310 e. The van der Waals surface area contributed by atoms with Crippen molar-refractivity contribution in [3.05, 3.63) is 47.3 Å². The van der Waals surface area contributed by atoms with Crippen LogP contribution in [0.2, 0.25) is 0 Å². The summed E-state index contributed by atoms with van der Waals surface area (Å²) in [5.41, 5.74) is 0.940. The van der Waals surface area contributed by atoms with Gasteiger partial charge in [0.15, 0.2) is 0 Å². The number of anilines is 1. The molecule has 134 valence electrons. The number of hydrogen-bond acceptors (Lipinski definition) is 5. The average molecular weight is 382 g/mol. The van der Waals surface area contributed by atoms with Crippen LogP contribution in [-0.4, -0.2) is 31.4 Å². The Morgan fingerprint density at radius 2 is 1.88 bits per heavy atom. The van der Waals surface area contributed by atoms with Crippen molar-refractivity contribution in [2.75, 3.05) is 5.32 Å². The molecule has 0 bridgehead atoms. The lowest BCUT2D eigenvalue weighted by Gasteiger charge is -2.15. The Kier molecular flexibility index (Phi) is 5.93. The fourth-order valence-electron chi connectivity index (χ4n) is 2.04. The Labute approximate surface area is 149 Å². The quantitative estimate of drug-likeness (QED) is 0.680. The number of benzene rings is 1. The molecule has 1 aromatic heterocycles. The van der Waals surface area contributed by atoms with Crippen molar-refractivity contribution in [2.24, 2.45) is 0 Å². The van der Waals surface area contributed by atoms with Gasteiger partial charge in [-0.15, -0.1) is 11.3 Å². The summed E-state index contributed by atoms with van der Waals surface area (Å²) in [5.74, 6) is -2.23. The van der Waals surface area contributed by atoms with Crippen molar-refractivity contribution >= 4 is 38.9 Å². The molecule has 1 aromatic carbocycles. The number of aliphatic carboxylic acids is 1. The summed E-state index contributed by atoms with van der Waals surface area (Å²) in [6.45, 7) is 2.98. The molecule has 0 saturated heterocycles. The second kappa shape index (κ2) is 7.77. The average Bonchev–Trinajstić information content (AvgIpc) is 3.09. The molecule has 0 radical (unpaired) electrons. The van der Waals surface area contributed by atoms with Crippen LogP contribution in [0.1, 0.15) is 25.3 Å². The lowest BCUT2D eigenvalue weighted by molar-refractivity contribution is -0.138. The van der Waals surface area contributed by atoms with Crippen molar-refractivity contribution in [1.29, 1.82) is 0 Å². The maximum absolute atomic E-state index is 12.2. The molecule has 0 fully saturated rings. The highest BCUT2D eigenvalue weighted by Gasteiger charge is 2.23. The van der Waals surface area contributed by atoms with Gasteiger partial charge in [0.1, 0.15) is 4.21 Å². The van der Waals surface area contributed by atoms with Crippen molar-refractivity contribution < 1.29 is 23.1 Å². The molecule has 0 aliphatic carbocycles. The predicted octanol–water partition coefficient (Wildman–Crippen LogP) is 2.24. The monoisotopic (exact) mass is 382 g/mol. The molecule has 3 N–H and O–H groups in total. The van der Waals surface area contributed by atoms with E-state index in [1.807, 2.05) is 0 Å². The van der Waals surface area contributed by atoms with Crippen LogP contribution in [0.25, 0.3) is 0 Å². The summed E-state index contributed by atoms with van der Waals surface area (Å²) in [4.78, 5) is 23.3. The smallest absolute Gasteiger partial charge is 0.310 e. The van der Waals surface area contributed by atoms with Gasteiger partial charge in [-0.1, -0.05) is 18.2 Å². The zero-order valence-electron chi connectivity index (χ0n) is 13.6. The Bertz CT molecular complexity index is 862. The summed E-state index contributed by atoms with van der Waals surface area (Å²) in [6.07, 6.45) is 0. The molecule has 7 nitrogen and oxygen atoms in total. The van der Waals surface area contributed by atoms with Crippen LogP contribution >= 0.6 is 11.3 Å². The number of carboxylic acids is 1. The molecule has 0 spiro atoms. The van der Waals surface area contributed by atoms with E-state index in [9.17, 15) is 18.0 Å². The van der Waals surface area contributed by atoms with Gasteiger partial charge in [-0.25, -0.2) is 8.42 Å². The Morgan fingerprint density at radius 3 is 2.48 bits per heavy atom. The van der Waals surface area contributed by atoms with Gasteiger partial charge in [0, 0.05) is 5.69 Å². The first-order valence-electron chi connectivity index (χ1n) is 7.40. The van der Waals surface area contributed by atoms with Gasteiger partial charge in [-0.2, -0.15) is 4.72 Å². The van der Waals surface area contributed by atoms with E-state index in [0.717, 1.165) is 11.3 Å². The van der Waals surface area contributed by atoms with Crippen molar-refractivity contribution in [3.8, 4) is 0 Å². The Morgan fingerprint density at radius 1 is 1.16 bits per heavy atom. The van der Waals surface area contributed by atoms with Crippen LogP contribution in [-0.2, 0) is 19.6 Å². The molecular formula is C16H18N2O5S2. The van der Waals surface area contributed by atoms with Crippen LogP contribution in [0.3, 0.4) is 0 Å². The van der Waals surface area contributed by atoms with Crippen LogP contribution < -0.4 is 10.0 Å². The zero-order valence-corrected chi connectivity index (χ0v) is 15.2. The first-order valence-corrected chi connectivity index (χ1v) is 9.76. The van der Waals surface area contributed by atoms with E-state index in [4.69, 9.17) is 5.11 Å². The van der Waals surface area contributed by atoms with Crippen molar-refractivity contribution in [2.45, 2.75) is 30.0 Å². The number of hydrogen-bond donors (Lipinski definition) is 3. The van der Waals surface area contributed by atoms with Gasteiger partial charge in [0.2, 0.25) is 5.91 Å². The predicted molar refractivity (Wildman–Crippen MR) is 95.2 cm³/mol. The van der Waals surface area contributed by atoms with Gasteiger partial charge >= 0.3 is 5.97 Å². The number of thiophene rings is 1. The van der Waals surface area contributed by atoms with Crippen molar-refractivity contribution in [1.82, 2.24) is 4.72 Å². The van der Waals surface area contributed by atoms with Crippen LogP contribution in [0, 0.1) is 0 Å². The van der Waals surface area contributed by atoms with E-state index in [-0.39, 0.29) is 4.21 Å². The second-order valence-corrected chi connectivity index (χ2v) is 8.34. The summed E-state index contributed by atoms with van der Waals surface area (Å²) >= 11 is 1.06. The molecule has 1 amide bonds. The standard InChI is InChI=1S/C16H18N2O5S2/c1-10(16(20)21)12-5-3-6-13(9-12)17-15(19)11(2)18-25(22,23)14-7-4-8-24-14/h3-11,18H,1-2H3,(H,17,19)(H,20,21). The normalized spacial score (nSPS) is 13.8. The van der Waals surface area contributed by atoms with Gasteiger partial charge < -0.3 is 10.4 Å². The Hall–Kier alpha value is -2.23. The van der Waals surface area contributed by atoms with Gasteiger partial charge in [-0.05, 0) is 43.0 Å². The van der Waals surface area contributed by atoms with Gasteiger partial charge in [0.25, 0.3) is 10.0 Å². The topological polar surface area (TPSA) is 113 Å². The van der Waals surface area contributed by atoms with E-state index in [1.165, 1.54) is 13.0 Å². The van der Waals surface area contributed by atoms with Crippen LogP contribution in [0.4, 0.5) is 5.69 Å². The van der Waals surface area contributed by atoms with E-state index >= 15 is 0 Å². The minimum Gasteiger partial charge on any atom is -0.481 e. The highest BCUT2D eigenvalue weighted by Crippen LogP contribution is 2.20. The first-order chi connectivity index (χ1) is 11.7. The molecule has 25 heavy (non-hydrogen) atoms. The van der Waals surface area contributed by atoms with Crippen LogP contribution in [0.15, 0.2) is 46.0 Å². The van der Waals surface area contributed by atoms with Gasteiger partial charge in [-0.3, -0.25) is 9.59 Å². The number of carbonyl (C=O) groups is 2. The van der Waals surface area contributed by atoms with Gasteiger partial charge in [0.05, 0.1) is 12.0 Å². The highest BCUT2D eigenvalue weighted by atomic mass is 32.2. The molecule has 9 heteroatoms. The third kappa shape index (κ3) is 4.88. The molecule has 2 aromatic rings. The third-order valence-electron chi connectivity index (χ3n) is 3.51. The maximum atomic E-state index is 12.2. The van der Waals surface area contributed by atoms with E-state index in [1.54, 1.807) is 42.6 Å². The minimum atomic E-state index is -3.76. The molecule has 0 aliphatic heterocycles. The molecular weight excluding hydrogens is 364 g/mol. The lowest BCUT2D eigenvalue weighted by atomic mass is 10.0. The largest absolute Gasteiger partial charge is 0.481 e. The SMILES string of the molecule is CC(NS(=O)(=O)c1cccs1)C(=O)Nc1cccc(C(C)C(=O)O)c1. The summed E-state index contributed by atoms with van der Waals surface area (Å²) < 4.78 is 26.7. The number of carbonyl (C=O) groups excluding carboxylic acids is 1. The highest BCUT2D eigenvalue weighted by molar-refractivity contribution is 7.91. The molecule has 2 rings (SSSR count). The van der Waals surface area contributed by atoms with Crippen LogP contribution in [0.5, 0.6) is 0 Å². The summed E-state index contributed by atoms with van der Waals surface area (Å²) in [7, 11) is -3.76. The molecule has 2 atom stereocenters. The summed E-state index contributed by atoms with van der Waals surface area (Å²) in [5, 5.41) is 13.3. The molecule has 0 aliphatic rings. The zero-order chi connectivity index (χ0) is 18.6. The molecule has 0 saturated carbocycles. The molecule has 2 unspecified atom stereocenters. The third-order valence-corrected chi connectivity index (χ3v) is 6.45. The van der Waals surface area contributed by atoms with E-state index in [2.05, 4.69) is 10.0 Å². The second-order valence-electron chi connectivity index (χ2n) is 5.45. The molecule has 1 heterocycles. The van der Waals surface area contributed by atoms with Crippen molar-refractivity contribution in [3.63, 3.8) is 0 Å².